The van der Waals surface area contributed by atoms with E-state index in [1.807, 2.05) is 18.2 Å². The predicted octanol–water partition coefficient (Wildman–Crippen LogP) is 3.33. The summed E-state index contributed by atoms with van der Waals surface area (Å²) in [6, 6.07) is 11.4. The molecule has 3 rings (SSSR count). The lowest BCUT2D eigenvalue weighted by molar-refractivity contribution is 0.222. The highest BCUT2D eigenvalue weighted by Crippen LogP contribution is 2.42. The summed E-state index contributed by atoms with van der Waals surface area (Å²) < 4.78 is 1.61. The van der Waals surface area contributed by atoms with E-state index in [4.69, 9.17) is 17.3 Å². The third-order valence-corrected chi connectivity index (χ3v) is 5.06. The number of nitrogens with two attached hydrogens (primary N) is 1. The van der Waals surface area contributed by atoms with Crippen LogP contribution in [0.1, 0.15) is 37.3 Å². The lowest BCUT2D eigenvalue weighted by atomic mass is 9.68. The van der Waals surface area contributed by atoms with Crippen LogP contribution in [0.2, 0.25) is 5.02 Å². The number of aromatic nitrogens is 2. The van der Waals surface area contributed by atoms with Crippen LogP contribution < -0.4 is 11.3 Å². The summed E-state index contributed by atoms with van der Waals surface area (Å²) in [5.74, 6) is 0. The van der Waals surface area contributed by atoms with E-state index in [1.165, 1.54) is 5.56 Å². The number of nitrogens with zero attached hydrogens (tertiary/aromatic N) is 2. The van der Waals surface area contributed by atoms with Crippen LogP contribution in [0.15, 0.2) is 47.4 Å². The molecule has 6 heteroatoms. The summed E-state index contributed by atoms with van der Waals surface area (Å²) in [5, 5.41) is 4.96. The molecule has 2 N–H and O–H groups in total. The Morgan fingerprint density at radius 3 is 2.61 bits per heavy atom. The van der Waals surface area contributed by atoms with E-state index < -0.39 is 0 Å². The molecule has 23 heavy (non-hydrogen) atoms. The Kier molecular flexibility index (Phi) is 5.84. The van der Waals surface area contributed by atoms with Gasteiger partial charge < -0.3 is 5.73 Å². The minimum atomic E-state index is -0.0419. The molecule has 1 aliphatic rings. The number of halogens is 2. The fourth-order valence-electron chi connectivity index (χ4n) is 3.47. The van der Waals surface area contributed by atoms with Gasteiger partial charge in [0.15, 0.2) is 0 Å². The topological polar surface area (TPSA) is 60.9 Å². The molecule has 2 aromatic rings. The van der Waals surface area contributed by atoms with Crippen molar-refractivity contribution in [3.63, 3.8) is 0 Å². The Hall–Kier alpha value is -1.36. The van der Waals surface area contributed by atoms with Crippen molar-refractivity contribution in [2.24, 2.45) is 5.73 Å². The third kappa shape index (κ3) is 3.60. The van der Waals surface area contributed by atoms with Gasteiger partial charge in [0.2, 0.25) is 0 Å². The molecule has 0 atom stereocenters. The predicted molar refractivity (Wildman–Crippen MR) is 95.4 cm³/mol. The molecule has 0 radical (unpaired) electrons. The highest BCUT2D eigenvalue weighted by atomic mass is 35.5. The molecule has 4 nitrogen and oxygen atoms in total. The lowest BCUT2D eigenvalue weighted by Crippen LogP contribution is -2.41. The summed E-state index contributed by atoms with van der Waals surface area (Å²) in [4.78, 5) is 11.9. The smallest absolute Gasteiger partial charge is 0.266 e. The Morgan fingerprint density at radius 1 is 1.26 bits per heavy atom. The van der Waals surface area contributed by atoms with E-state index in [-0.39, 0.29) is 29.4 Å². The van der Waals surface area contributed by atoms with Gasteiger partial charge in [-0.15, -0.1) is 12.4 Å². The van der Waals surface area contributed by atoms with Gasteiger partial charge >= 0.3 is 0 Å². The van der Waals surface area contributed by atoms with Gasteiger partial charge in [0.25, 0.3) is 5.56 Å². The van der Waals surface area contributed by atoms with Crippen LogP contribution in [0.5, 0.6) is 0 Å². The minimum absolute atomic E-state index is 0. The molecule has 0 saturated heterocycles. The molecular formula is C17H21Cl2N3O. The largest absolute Gasteiger partial charge is 0.330 e. The highest BCUT2D eigenvalue weighted by Gasteiger charge is 2.36. The van der Waals surface area contributed by atoms with Gasteiger partial charge in [0, 0.05) is 29.2 Å². The summed E-state index contributed by atoms with van der Waals surface area (Å²) in [6.45, 7) is 0.594. The van der Waals surface area contributed by atoms with Gasteiger partial charge in [-0.25, -0.2) is 4.68 Å². The van der Waals surface area contributed by atoms with Crippen LogP contribution in [0.3, 0.4) is 0 Å². The summed E-state index contributed by atoms with van der Waals surface area (Å²) >= 11 is 6.13. The van der Waals surface area contributed by atoms with Gasteiger partial charge in [0.05, 0.1) is 6.04 Å². The van der Waals surface area contributed by atoms with Gasteiger partial charge in [0.1, 0.15) is 0 Å². The zero-order chi connectivity index (χ0) is 15.6. The fraction of sp³-hybridized carbons (Fsp3) is 0.412. The Balaban J connectivity index is 0.00000192. The lowest BCUT2D eigenvalue weighted by Gasteiger charge is -2.40. The monoisotopic (exact) mass is 353 g/mol. The molecule has 1 fully saturated rings. The van der Waals surface area contributed by atoms with E-state index in [0.29, 0.717) is 6.54 Å². The van der Waals surface area contributed by atoms with Crippen LogP contribution in [0, 0.1) is 0 Å². The van der Waals surface area contributed by atoms with Crippen molar-refractivity contribution in [2.75, 3.05) is 6.54 Å². The van der Waals surface area contributed by atoms with Crippen molar-refractivity contribution in [3.8, 4) is 0 Å². The number of rotatable bonds is 3. The van der Waals surface area contributed by atoms with Crippen LogP contribution in [-0.4, -0.2) is 16.3 Å². The Morgan fingerprint density at radius 2 is 2.00 bits per heavy atom. The van der Waals surface area contributed by atoms with Crippen LogP contribution in [0.25, 0.3) is 0 Å². The van der Waals surface area contributed by atoms with Gasteiger partial charge in [-0.05, 0) is 49.4 Å². The molecule has 1 heterocycles. The molecule has 0 bridgehead atoms. The van der Waals surface area contributed by atoms with Crippen molar-refractivity contribution in [1.29, 1.82) is 0 Å². The average Bonchev–Trinajstić information content (AvgIpc) is 2.55. The number of hydrogen-bond acceptors (Lipinski definition) is 3. The molecule has 1 aliphatic carbocycles. The second kappa shape index (κ2) is 7.47. The summed E-state index contributed by atoms with van der Waals surface area (Å²) in [7, 11) is 0. The maximum absolute atomic E-state index is 11.9. The quantitative estimate of drug-likeness (QED) is 0.920. The van der Waals surface area contributed by atoms with Crippen molar-refractivity contribution < 1.29 is 0 Å². The van der Waals surface area contributed by atoms with Gasteiger partial charge in [-0.2, -0.15) is 5.10 Å². The van der Waals surface area contributed by atoms with Crippen molar-refractivity contribution in [3.05, 3.63) is 63.5 Å². The minimum Gasteiger partial charge on any atom is -0.330 e. The molecular weight excluding hydrogens is 333 g/mol. The molecule has 1 aromatic carbocycles. The molecule has 1 aromatic heterocycles. The van der Waals surface area contributed by atoms with Gasteiger partial charge in [-0.3, -0.25) is 4.79 Å². The van der Waals surface area contributed by atoms with E-state index in [9.17, 15) is 4.79 Å². The van der Waals surface area contributed by atoms with E-state index in [1.54, 1.807) is 23.0 Å². The standard InChI is InChI=1S/C17H20ClN3O.ClH/c18-14-4-1-3-13(11-14)17(12-19)8-6-15(7-9-17)21-16(22)5-2-10-20-21;/h1-5,10-11,15H,6-9,12,19H2;1H/t15-,17-;. The van der Waals surface area contributed by atoms with Gasteiger partial charge in [-0.1, -0.05) is 23.7 Å². The molecule has 124 valence electrons. The highest BCUT2D eigenvalue weighted by molar-refractivity contribution is 6.30. The zero-order valence-corrected chi connectivity index (χ0v) is 14.4. The van der Waals surface area contributed by atoms with Crippen LogP contribution >= 0.6 is 24.0 Å². The van der Waals surface area contributed by atoms with Crippen molar-refractivity contribution in [2.45, 2.75) is 37.1 Å². The molecule has 1 saturated carbocycles. The zero-order valence-electron chi connectivity index (χ0n) is 12.8. The molecule has 0 aliphatic heterocycles. The molecule has 0 spiro atoms. The number of hydrogen-bond donors (Lipinski definition) is 1. The first-order valence-electron chi connectivity index (χ1n) is 7.65. The van der Waals surface area contributed by atoms with Crippen LogP contribution in [0.4, 0.5) is 0 Å². The average molecular weight is 354 g/mol. The van der Waals surface area contributed by atoms with Crippen molar-refractivity contribution in [1.82, 2.24) is 9.78 Å². The first kappa shape index (κ1) is 18.0. The number of benzene rings is 1. The first-order valence-corrected chi connectivity index (χ1v) is 8.02. The van der Waals surface area contributed by atoms with E-state index >= 15 is 0 Å². The SMILES string of the molecule is Cl.NC[C@]1(c2cccc(Cl)c2)CC[C@H](n2ncccc2=O)CC1. The maximum atomic E-state index is 11.9. The maximum Gasteiger partial charge on any atom is 0.266 e. The van der Waals surface area contributed by atoms with Crippen molar-refractivity contribution >= 4 is 24.0 Å². The summed E-state index contributed by atoms with van der Waals surface area (Å²) in [6.07, 6.45) is 5.36. The van der Waals surface area contributed by atoms with E-state index in [0.717, 1.165) is 30.7 Å². The fourth-order valence-corrected chi connectivity index (χ4v) is 3.66. The Bertz CT molecular complexity index is 709. The van der Waals surface area contributed by atoms with Crippen LogP contribution in [-0.2, 0) is 5.41 Å². The van der Waals surface area contributed by atoms with E-state index in [2.05, 4.69) is 11.2 Å². The second-order valence-electron chi connectivity index (χ2n) is 6.03. The first-order chi connectivity index (χ1) is 10.6. The second-order valence-corrected chi connectivity index (χ2v) is 6.47. The molecule has 0 amide bonds. The third-order valence-electron chi connectivity index (χ3n) is 4.83. The Labute approximate surface area is 147 Å². The summed E-state index contributed by atoms with van der Waals surface area (Å²) in [5.41, 5.74) is 7.24. The molecule has 0 unspecified atom stereocenters. The normalized spacial score (nSPS) is 24.0.